The topological polar surface area (TPSA) is 63.6 Å². The predicted molar refractivity (Wildman–Crippen MR) is 72.5 cm³/mol. The van der Waals surface area contributed by atoms with Crippen LogP contribution in [0, 0.1) is 0 Å². The van der Waals surface area contributed by atoms with E-state index in [1.54, 1.807) is 13.2 Å². The number of hydrogen-bond donors (Lipinski definition) is 1. The molecule has 0 aliphatic rings. The van der Waals surface area contributed by atoms with Crippen molar-refractivity contribution < 1.29 is 0 Å². The lowest BCUT2D eigenvalue weighted by Gasteiger charge is -1.97. The molecule has 0 fully saturated rings. The molecule has 0 saturated heterocycles. The van der Waals surface area contributed by atoms with Crippen molar-refractivity contribution in [2.24, 2.45) is 7.05 Å². The van der Waals surface area contributed by atoms with E-state index in [1.807, 2.05) is 36.4 Å². The molecule has 0 atom stereocenters. The van der Waals surface area contributed by atoms with E-state index >= 15 is 0 Å². The first-order chi connectivity index (χ1) is 9.24. The van der Waals surface area contributed by atoms with Gasteiger partial charge in [-0.25, -0.2) is 4.98 Å². The van der Waals surface area contributed by atoms with Gasteiger partial charge >= 0.3 is 0 Å². The summed E-state index contributed by atoms with van der Waals surface area (Å²) in [6.07, 6.45) is 1.70. The second kappa shape index (κ2) is 4.53. The summed E-state index contributed by atoms with van der Waals surface area (Å²) in [5, 5.41) is 7.03. The Kier molecular flexibility index (Phi) is 2.72. The third kappa shape index (κ3) is 2.18. The Morgan fingerprint density at radius 1 is 1.11 bits per heavy atom. The van der Waals surface area contributed by atoms with Crippen LogP contribution in [0.2, 0.25) is 0 Å². The molecular formula is C14H12N4O. The number of nitrogens with one attached hydrogen (secondary N) is 1. The number of rotatable bonds is 2. The van der Waals surface area contributed by atoms with Crippen molar-refractivity contribution in [1.82, 2.24) is 19.7 Å². The first kappa shape index (κ1) is 11.4. The first-order valence-corrected chi connectivity index (χ1v) is 5.89. The molecular weight excluding hydrogens is 240 g/mol. The minimum atomic E-state index is -0.0800. The molecule has 19 heavy (non-hydrogen) atoms. The number of aromatic amines is 1. The SMILES string of the molecule is Cn1ccc(-c2n[nH]c(-c3ccccc3)n2)cc1=O. The van der Waals surface area contributed by atoms with E-state index in [0.29, 0.717) is 17.2 Å². The summed E-state index contributed by atoms with van der Waals surface area (Å²) in [4.78, 5) is 16.0. The van der Waals surface area contributed by atoms with E-state index in [-0.39, 0.29) is 5.56 Å². The van der Waals surface area contributed by atoms with Gasteiger partial charge in [0, 0.05) is 30.4 Å². The molecule has 2 heterocycles. The highest BCUT2D eigenvalue weighted by Gasteiger charge is 2.08. The van der Waals surface area contributed by atoms with Crippen molar-refractivity contribution in [3.8, 4) is 22.8 Å². The van der Waals surface area contributed by atoms with Gasteiger partial charge in [-0.15, -0.1) is 0 Å². The van der Waals surface area contributed by atoms with Gasteiger partial charge in [-0.05, 0) is 6.07 Å². The second-order valence-electron chi connectivity index (χ2n) is 4.24. The van der Waals surface area contributed by atoms with Gasteiger partial charge in [-0.2, -0.15) is 5.10 Å². The molecule has 94 valence electrons. The maximum Gasteiger partial charge on any atom is 0.250 e. The van der Waals surface area contributed by atoms with Crippen LogP contribution in [0.15, 0.2) is 53.5 Å². The highest BCUT2D eigenvalue weighted by molar-refractivity contribution is 5.60. The average Bonchev–Trinajstić information content (AvgIpc) is 2.93. The van der Waals surface area contributed by atoms with Crippen LogP contribution in [-0.4, -0.2) is 19.7 Å². The quantitative estimate of drug-likeness (QED) is 0.757. The van der Waals surface area contributed by atoms with Crippen molar-refractivity contribution in [2.75, 3.05) is 0 Å². The molecule has 3 rings (SSSR count). The van der Waals surface area contributed by atoms with E-state index in [0.717, 1.165) is 5.56 Å². The van der Waals surface area contributed by atoms with Crippen molar-refractivity contribution >= 4 is 0 Å². The number of aromatic nitrogens is 4. The summed E-state index contributed by atoms with van der Waals surface area (Å²) in [5.41, 5.74) is 1.59. The zero-order valence-corrected chi connectivity index (χ0v) is 10.4. The van der Waals surface area contributed by atoms with E-state index in [4.69, 9.17) is 0 Å². The summed E-state index contributed by atoms with van der Waals surface area (Å²) in [6, 6.07) is 13.1. The number of aryl methyl sites for hydroxylation is 1. The van der Waals surface area contributed by atoms with Crippen LogP contribution >= 0.6 is 0 Å². The Balaban J connectivity index is 2.02. The fourth-order valence-electron chi connectivity index (χ4n) is 1.80. The van der Waals surface area contributed by atoms with Crippen LogP contribution in [0.5, 0.6) is 0 Å². The lowest BCUT2D eigenvalue weighted by Crippen LogP contribution is -2.14. The molecule has 1 aromatic carbocycles. The Morgan fingerprint density at radius 2 is 1.89 bits per heavy atom. The molecule has 0 unspecified atom stereocenters. The summed E-state index contributed by atoms with van der Waals surface area (Å²) in [5.74, 6) is 1.22. The molecule has 0 aliphatic carbocycles. The Labute approximate surface area is 109 Å². The molecule has 0 saturated carbocycles. The minimum absolute atomic E-state index is 0.0800. The van der Waals surface area contributed by atoms with Crippen LogP contribution in [0.3, 0.4) is 0 Å². The molecule has 0 bridgehead atoms. The zero-order chi connectivity index (χ0) is 13.2. The minimum Gasteiger partial charge on any atom is -0.319 e. The Hall–Kier alpha value is -2.69. The van der Waals surface area contributed by atoms with E-state index in [9.17, 15) is 4.79 Å². The molecule has 3 aromatic rings. The van der Waals surface area contributed by atoms with Crippen molar-refractivity contribution in [3.63, 3.8) is 0 Å². The number of hydrogen-bond acceptors (Lipinski definition) is 3. The number of H-pyrrole nitrogens is 1. The van der Waals surface area contributed by atoms with Gasteiger partial charge in [0.05, 0.1) is 0 Å². The number of nitrogens with zero attached hydrogens (tertiary/aromatic N) is 3. The molecule has 0 spiro atoms. The van der Waals surface area contributed by atoms with Crippen molar-refractivity contribution in [1.29, 1.82) is 0 Å². The number of pyridine rings is 1. The summed E-state index contributed by atoms with van der Waals surface area (Å²) in [7, 11) is 1.71. The Morgan fingerprint density at radius 3 is 2.63 bits per heavy atom. The summed E-state index contributed by atoms with van der Waals surface area (Å²) < 4.78 is 1.51. The maximum atomic E-state index is 11.6. The maximum absolute atomic E-state index is 11.6. The van der Waals surface area contributed by atoms with Crippen molar-refractivity contribution in [2.45, 2.75) is 0 Å². The normalized spacial score (nSPS) is 10.6. The van der Waals surface area contributed by atoms with E-state index in [2.05, 4.69) is 15.2 Å². The smallest absolute Gasteiger partial charge is 0.250 e. The highest BCUT2D eigenvalue weighted by atomic mass is 16.1. The lowest BCUT2D eigenvalue weighted by atomic mass is 10.2. The highest BCUT2D eigenvalue weighted by Crippen LogP contribution is 2.18. The third-order valence-corrected chi connectivity index (χ3v) is 2.90. The molecule has 5 nitrogen and oxygen atoms in total. The molecule has 5 heteroatoms. The monoisotopic (exact) mass is 252 g/mol. The van der Waals surface area contributed by atoms with Gasteiger partial charge in [0.2, 0.25) is 0 Å². The molecule has 2 aromatic heterocycles. The van der Waals surface area contributed by atoms with Crippen LogP contribution in [0.25, 0.3) is 22.8 Å². The Bertz CT molecular complexity index is 758. The van der Waals surface area contributed by atoms with Crippen molar-refractivity contribution in [3.05, 3.63) is 59.0 Å². The number of benzene rings is 1. The molecule has 0 radical (unpaired) electrons. The van der Waals surface area contributed by atoms with Gasteiger partial charge in [-0.1, -0.05) is 30.3 Å². The molecule has 1 N–H and O–H groups in total. The second-order valence-corrected chi connectivity index (χ2v) is 4.24. The van der Waals surface area contributed by atoms with Gasteiger partial charge in [-0.3, -0.25) is 9.89 Å². The lowest BCUT2D eigenvalue weighted by molar-refractivity contribution is 0.860. The van der Waals surface area contributed by atoms with Crippen LogP contribution in [0.1, 0.15) is 0 Å². The van der Waals surface area contributed by atoms with E-state index < -0.39 is 0 Å². The zero-order valence-electron chi connectivity index (χ0n) is 10.4. The fraction of sp³-hybridized carbons (Fsp3) is 0.0714. The fourth-order valence-corrected chi connectivity index (χ4v) is 1.80. The summed E-state index contributed by atoms with van der Waals surface area (Å²) >= 11 is 0. The van der Waals surface area contributed by atoms with Crippen LogP contribution in [-0.2, 0) is 7.05 Å². The standard InChI is InChI=1S/C14H12N4O/c1-18-8-7-11(9-12(18)19)14-15-13(16-17-14)10-5-3-2-4-6-10/h2-9H,1H3,(H,15,16,17). The molecule has 0 amide bonds. The van der Waals surface area contributed by atoms with Gasteiger partial charge in [0.1, 0.15) is 0 Å². The van der Waals surface area contributed by atoms with Gasteiger partial charge < -0.3 is 4.57 Å². The van der Waals surface area contributed by atoms with Crippen LogP contribution < -0.4 is 5.56 Å². The summed E-state index contributed by atoms with van der Waals surface area (Å²) in [6.45, 7) is 0. The van der Waals surface area contributed by atoms with Gasteiger partial charge in [0.25, 0.3) is 5.56 Å². The largest absolute Gasteiger partial charge is 0.319 e. The average molecular weight is 252 g/mol. The van der Waals surface area contributed by atoms with Crippen LogP contribution in [0.4, 0.5) is 0 Å². The van der Waals surface area contributed by atoms with Gasteiger partial charge in [0.15, 0.2) is 11.6 Å². The molecule has 0 aliphatic heterocycles. The van der Waals surface area contributed by atoms with E-state index in [1.165, 1.54) is 10.6 Å². The predicted octanol–water partition coefficient (Wildman–Crippen LogP) is 1.84. The third-order valence-electron chi connectivity index (χ3n) is 2.90. The first-order valence-electron chi connectivity index (χ1n) is 5.89.